The van der Waals surface area contributed by atoms with Crippen LogP contribution in [0.3, 0.4) is 0 Å². The third kappa shape index (κ3) is 3.56. The number of H-pyrrole nitrogens is 2. The molecule has 1 aliphatic rings. The standard InChI is InChI=1S/C15H12F5N7O2/c16-14(17)5-26(4-7(14)2-15(18,19)20)10-1-9(25-27-11(10)22-6-23-27)8-3-21-13(29)24-12(8)28/h1,3,6-7H,2,4-5H2,(H2,21,24,28,29). The minimum Gasteiger partial charge on any atom is -0.362 e. The van der Waals surface area contributed by atoms with Crippen LogP contribution in [-0.2, 0) is 0 Å². The number of halogens is 5. The van der Waals surface area contributed by atoms with Gasteiger partial charge in [0, 0.05) is 12.7 Å². The second-order valence-electron chi connectivity index (χ2n) is 6.63. The number of alkyl halides is 5. The van der Waals surface area contributed by atoms with Crippen LogP contribution in [0.15, 0.2) is 28.2 Å². The fourth-order valence-electron chi connectivity index (χ4n) is 3.29. The number of aromatic amines is 2. The molecular formula is C15H12F5N7O2. The van der Waals surface area contributed by atoms with Crippen molar-refractivity contribution in [2.75, 3.05) is 18.0 Å². The molecule has 9 nitrogen and oxygen atoms in total. The van der Waals surface area contributed by atoms with Gasteiger partial charge < -0.3 is 9.88 Å². The molecule has 1 fully saturated rings. The number of nitrogens with zero attached hydrogens (tertiary/aromatic N) is 5. The van der Waals surface area contributed by atoms with Crippen molar-refractivity contribution in [2.45, 2.75) is 18.5 Å². The van der Waals surface area contributed by atoms with Crippen LogP contribution < -0.4 is 16.1 Å². The van der Waals surface area contributed by atoms with Crippen molar-refractivity contribution in [3.63, 3.8) is 0 Å². The van der Waals surface area contributed by atoms with E-state index in [9.17, 15) is 31.5 Å². The molecule has 1 atom stereocenters. The monoisotopic (exact) mass is 417 g/mol. The maximum absolute atomic E-state index is 14.2. The highest BCUT2D eigenvalue weighted by Gasteiger charge is 2.52. The molecule has 0 aromatic carbocycles. The fraction of sp³-hybridized carbons (Fsp3) is 0.400. The molecule has 14 heteroatoms. The molecule has 154 valence electrons. The molecule has 4 rings (SSSR count). The summed E-state index contributed by atoms with van der Waals surface area (Å²) in [5.41, 5.74) is -1.57. The van der Waals surface area contributed by atoms with E-state index in [1.165, 1.54) is 6.07 Å². The topological polar surface area (TPSA) is 112 Å². The first-order valence-electron chi connectivity index (χ1n) is 8.26. The van der Waals surface area contributed by atoms with E-state index in [4.69, 9.17) is 0 Å². The fourth-order valence-corrected chi connectivity index (χ4v) is 3.29. The SMILES string of the molecule is O=c1[nH]cc(-c2cc(N3CC(CC(F)(F)F)C(F)(F)C3)c3ncnn3n2)c(=O)[nH]1. The van der Waals surface area contributed by atoms with Crippen molar-refractivity contribution in [3.05, 3.63) is 39.4 Å². The van der Waals surface area contributed by atoms with Crippen LogP contribution in [0.2, 0.25) is 0 Å². The Balaban J connectivity index is 1.79. The van der Waals surface area contributed by atoms with Crippen LogP contribution in [-0.4, -0.2) is 55.0 Å². The van der Waals surface area contributed by atoms with E-state index in [2.05, 4.69) is 20.2 Å². The molecule has 0 bridgehead atoms. The number of nitrogens with one attached hydrogen (secondary N) is 2. The summed E-state index contributed by atoms with van der Waals surface area (Å²) in [5.74, 6) is -5.51. The van der Waals surface area contributed by atoms with E-state index in [1.54, 1.807) is 0 Å². The first kappa shape index (κ1) is 19.0. The molecule has 1 unspecified atom stereocenters. The van der Waals surface area contributed by atoms with Gasteiger partial charge in [-0.25, -0.2) is 18.6 Å². The molecule has 0 spiro atoms. The third-order valence-corrected chi connectivity index (χ3v) is 4.59. The van der Waals surface area contributed by atoms with E-state index < -0.39 is 48.8 Å². The van der Waals surface area contributed by atoms with Gasteiger partial charge in [0.25, 0.3) is 11.5 Å². The van der Waals surface area contributed by atoms with Crippen molar-refractivity contribution in [2.24, 2.45) is 5.92 Å². The van der Waals surface area contributed by atoms with Gasteiger partial charge >= 0.3 is 11.9 Å². The van der Waals surface area contributed by atoms with E-state index in [-0.39, 0.29) is 22.6 Å². The molecule has 0 amide bonds. The first-order valence-corrected chi connectivity index (χ1v) is 8.26. The van der Waals surface area contributed by atoms with Crippen LogP contribution in [0.5, 0.6) is 0 Å². The second kappa shape index (κ2) is 6.35. The van der Waals surface area contributed by atoms with Crippen LogP contribution in [0, 0.1) is 5.92 Å². The second-order valence-corrected chi connectivity index (χ2v) is 6.63. The molecule has 0 saturated carbocycles. The predicted molar refractivity (Wildman–Crippen MR) is 88.8 cm³/mol. The van der Waals surface area contributed by atoms with Crippen LogP contribution >= 0.6 is 0 Å². The zero-order valence-corrected chi connectivity index (χ0v) is 14.4. The minimum atomic E-state index is -4.74. The minimum absolute atomic E-state index is 0.0295. The Morgan fingerprint density at radius 3 is 2.72 bits per heavy atom. The van der Waals surface area contributed by atoms with Gasteiger partial charge in [0.2, 0.25) is 0 Å². The number of fused-ring (bicyclic) bond motifs is 1. The lowest BCUT2D eigenvalue weighted by Gasteiger charge is -2.19. The van der Waals surface area contributed by atoms with Crippen LogP contribution in [0.4, 0.5) is 27.6 Å². The van der Waals surface area contributed by atoms with Crippen LogP contribution in [0.25, 0.3) is 16.9 Å². The Bertz CT molecular complexity index is 1180. The van der Waals surface area contributed by atoms with E-state index in [0.717, 1.165) is 22.1 Å². The molecule has 1 saturated heterocycles. The highest BCUT2D eigenvalue weighted by Crippen LogP contribution is 2.42. The Labute approximate surface area is 157 Å². The van der Waals surface area contributed by atoms with Crippen molar-refractivity contribution in [1.82, 2.24) is 29.8 Å². The van der Waals surface area contributed by atoms with Crippen molar-refractivity contribution in [1.29, 1.82) is 0 Å². The maximum atomic E-state index is 14.2. The number of aromatic nitrogens is 6. The van der Waals surface area contributed by atoms with E-state index in [0.29, 0.717) is 0 Å². The summed E-state index contributed by atoms with van der Waals surface area (Å²) in [5, 5.41) is 7.86. The molecule has 3 aromatic heterocycles. The van der Waals surface area contributed by atoms with Gasteiger partial charge in [-0.2, -0.15) is 13.2 Å². The van der Waals surface area contributed by atoms with Crippen molar-refractivity contribution >= 4 is 11.3 Å². The van der Waals surface area contributed by atoms with Gasteiger partial charge in [-0.3, -0.25) is 9.78 Å². The Morgan fingerprint density at radius 2 is 2.03 bits per heavy atom. The molecule has 2 N–H and O–H groups in total. The van der Waals surface area contributed by atoms with Crippen LogP contribution in [0.1, 0.15) is 6.42 Å². The highest BCUT2D eigenvalue weighted by molar-refractivity contribution is 5.74. The van der Waals surface area contributed by atoms with Gasteiger partial charge in [0.1, 0.15) is 12.0 Å². The molecule has 3 aromatic rings. The summed E-state index contributed by atoms with van der Waals surface area (Å²) < 4.78 is 67.5. The van der Waals surface area contributed by atoms with Crippen molar-refractivity contribution < 1.29 is 22.0 Å². The first-order chi connectivity index (χ1) is 13.5. The predicted octanol–water partition coefficient (Wildman–Crippen LogP) is 1.19. The van der Waals surface area contributed by atoms with E-state index >= 15 is 0 Å². The molecule has 1 aliphatic heterocycles. The zero-order valence-electron chi connectivity index (χ0n) is 14.4. The average molecular weight is 417 g/mol. The Morgan fingerprint density at radius 1 is 1.28 bits per heavy atom. The van der Waals surface area contributed by atoms with Crippen molar-refractivity contribution in [3.8, 4) is 11.3 Å². The highest BCUT2D eigenvalue weighted by atomic mass is 19.4. The summed E-state index contributed by atoms with van der Waals surface area (Å²) >= 11 is 0. The lowest BCUT2D eigenvalue weighted by molar-refractivity contribution is -0.163. The number of anilines is 1. The number of hydrogen-bond donors (Lipinski definition) is 2. The summed E-state index contributed by atoms with van der Waals surface area (Å²) in [6.45, 7) is -1.53. The lowest BCUT2D eigenvalue weighted by atomic mass is 10.0. The zero-order chi connectivity index (χ0) is 21.0. The normalized spacial score (nSPS) is 19.2. The van der Waals surface area contributed by atoms with E-state index in [1.807, 2.05) is 4.98 Å². The number of hydrogen-bond acceptors (Lipinski definition) is 6. The largest absolute Gasteiger partial charge is 0.389 e. The summed E-state index contributed by atoms with van der Waals surface area (Å²) in [6, 6.07) is 1.25. The van der Waals surface area contributed by atoms with Gasteiger partial charge in [-0.05, 0) is 6.07 Å². The molecule has 4 heterocycles. The summed E-state index contributed by atoms with van der Waals surface area (Å²) in [4.78, 5) is 32.5. The smallest absolute Gasteiger partial charge is 0.362 e. The lowest BCUT2D eigenvalue weighted by Crippen LogP contribution is -2.31. The third-order valence-electron chi connectivity index (χ3n) is 4.59. The van der Waals surface area contributed by atoms with Gasteiger partial charge in [-0.15, -0.1) is 14.8 Å². The van der Waals surface area contributed by atoms with Gasteiger partial charge in [-0.1, -0.05) is 0 Å². The molecule has 0 aliphatic carbocycles. The maximum Gasteiger partial charge on any atom is 0.389 e. The summed E-state index contributed by atoms with van der Waals surface area (Å²) in [7, 11) is 0. The molecular weight excluding hydrogens is 405 g/mol. The Kier molecular flexibility index (Phi) is 4.16. The quantitative estimate of drug-likeness (QED) is 0.620. The van der Waals surface area contributed by atoms with Gasteiger partial charge in [0.05, 0.1) is 30.1 Å². The molecule has 0 radical (unpaired) electrons. The number of rotatable bonds is 3. The summed E-state index contributed by atoms with van der Waals surface area (Å²) in [6.07, 6.45) is -4.19. The van der Waals surface area contributed by atoms with Gasteiger partial charge in [0.15, 0.2) is 5.65 Å². The molecule has 29 heavy (non-hydrogen) atoms. The average Bonchev–Trinajstić information content (AvgIpc) is 3.17. The Hall–Kier alpha value is -3.32.